The number of carbonyl (C=O) groups excluding carboxylic acids is 2. The van der Waals surface area contributed by atoms with Crippen LogP contribution < -0.4 is 5.32 Å². The van der Waals surface area contributed by atoms with Crippen molar-refractivity contribution < 1.29 is 19.1 Å². The molecule has 0 unspecified atom stereocenters. The Morgan fingerprint density at radius 2 is 2.00 bits per heavy atom. The van der Waals surface area contributed by atoms with Crippen LogP contribution in [-0.2, 0) is 14.3 Å². The number of amides is 1. The van der Waals surface area contributed by atoms with Crippen LogP contribution in [0.2, 0.25) is 0 Å². The minimum atomic E-state index is -0.527. The van der Waals surface area contributed by atoms with Gasteiger partial charge in [-0.25, -0.2) is 4.79 Å². The maximum absolute atomic E-state index is 12.3. The first-order valence-corrected chi connectivity index (χ1v) is 10.5. The molecule has 0 atom stereocenters. The van der Waals surface area contributed by atoms with Crippen molar-refractivity contribution in [3.05, 3.63) is 21.4 Å². The maximum atomic E-state index is 12.3. The van der Waals surface area contributed by atoms with Crippen LogP contribution in [0.1, 0.15) is 53.9 Å². The summed E-state index contributed by atoms with van der Waals surface area (Å²) in [6.07, 6.45) is 5.86. The van der Waals surface area contributed by atoms with Crippen LogP contribution in [-0.4, -0.2) is 27.8 Å². The summed E-state index contributed by atoms with van der Waals surface area (Å²) in [5, 5.41) is 2.77. The second-order valence-corrected chi connectivity index (χ2v) is 10.2. The van der Waals surface area contributed by atoms with E-state index in [9.17, 15) is 9.59 Å². The van der Waals surface area contributed by atoms with Crippen LogP contribution in [0, 0.1) is 5.41 Å². The zero-order valence-electron chi connectivity index (χ0n) is 14.9. The van der Waals surface area contributed by atoms with Gasteiger partial charge in [0.25, 0.3) is 0 Å². The molecule has 0 aromatic rings. The predicted octanol–water partition coefficient (Wildman–Crippen LogP) is 4.19. The molecule has 0 bridgehead atoms. The zero-order chi connectivity index (χ0) is 18.0. The molecule has 1 amide bonds. The fourth-order valence-corrected chi connectivity index (χ4v) is 4.78. The lowest BCUT2D eigenvalue weighted by molar-refractivity contribution is -0.154. The molecule has 0 radical (unpaired) electrons. The van der Waals surface area contributed by atoms with Gasteiger partial charge < -0.3 is 9.47 Å². The number of hydrogen-bond donors (Lipinski definition) is 1. The van der Waals surface area contributed by atoms with Gasteiger partial charge in [-0.05, 0) is 73.6 Å². The molecule has 24 heavy (non-hydrogen) atoms. The largest absolute Gasteiger partial charge is 0.463 e. The highest BCUT2D eigenvalue weighted by Gasteiger charge is 2.51. The number of halogens is 1. The number of carbonyl (C=O) groups is 2. The Balaban J connectivity index is 1.97. The predicted molar refractivity (Wildman–Crippen MR) is 103 cm³/mol. The molecule has 134 valence electrons. The van der Waals surface area contributed by atoms with E-state index in [1.165, 1.54) is 3.58 Å². The lowest BCUT2D eigenvalue weighted by Crippen LogP contribution is -2.32. The monoisotopic (exact) mass is 447 g/mol. The normalized spacial score (nSPS) is 18.9. The Hall–Kier alpha value is -1.18. The molecule has 2 aliphatic rings. The third-order valence-corrected chi connectivity index (χ3v) is 5.75. The first kappa shape index (κ1) is 19.1. The molecule has 0 saturated heterocycles. The van der Waals surface area contributed by atoms with Crippen molar-refractivity contribution in [3.8, 4) is 0 Å². The number of allylic oxidation sites excluding steroid dienone is 3. The molecule has 5 nitrogen and oxygen atoms in total. The van der Waals surface area contributed by atoms with E-state index in [1.54, 1.807) is 0 Å². The first-order valence-electron chi connectivity index (χ1n) is 8.18. The molecule has 1 aliphatic heterocycles. The van der Waals surface area contributed by atoms with Gasteiger partial charge in [-0.3, -0.25) is 10.1 Å². The number of ether oxygens (including phenoxy) is 2. The molecule has 1 fully saturated rings. The van der Waals surface area contributed by atoms with E-state index in [1.807, 2.05) is 46.8 Å². The van der Waals surface area contributed by atoms with Gasteiger partial charge in [0.15, 0.2) is 0 Å². The summed E-state index contributed by atoms with van der Waals surface area (Å²) < 4.78 is 14.0. The highest BCUT2D eigenvalue weighted by Crippen LogP contribution is 2.53. The summed E-state index contributed by atoms with van der Waals surface area (Å²) in [6.45, 7) is 9.24. The van der Waals surface area contributed by atoms with Gasteiger partial charge in [0.1, 0.15) is 5.60 Å². The summed E-state index contributed by atoms with van der Waals surface area (Å²) in [6, 6.07) is 0. The smallest absolute Gasteiger partial charge is 0.412 e. The van der Waals surface area contributed by atoms with Crippen molar-refractivity contribution in [2.45, 2.75) is 65.6 Å². The van der Waals surface area contributed by atoms with Crippen LogP contribution in [0.4, 0.5) is 4.79 Å². The van der Waals surface area contributed by atoms with Gasteiger partial charge in [0.05, 0.1) is 11.5 Å². The summed E-state index contributed by atoms with van der Waals surface area (Å²) in [5.41, 5.74) is -0.141. The van der Waals surface area contributed by atoms with Gasteiger partial charge in [-0.1, -0.05) is 20.7 Å². The van der Waals surface area contributed by atoms with E-state index >= 15 is 0 Å². The van der Waals surface area contributed by atoms with Gasteiger partial charge in [0.2, 0.25) is 0 Å². The van der Waals surface area contributed by atoms with E-state index in [0.717, 1.165) is 25.0 Å². The second-order valence-electron chi connectivity index (χ2n) is 7.49. The van der Waals surface area contributed by atoms with Crippen molar-refractivity contribution in [2.75, 3.05) is 0 Å². The molecule has 1 saturated carbocycles. The molecule has 2 rings (SSSR count). The van der Waals surface area contributed by atoms with E-state index in [4.69, 9.17) is 9.47 Å². The Labute approximate surface area is 153 Å². The SMILES string of the molecule is CC(C)OC(=O)C1(CC2=CC(NC(=O)OC(C)(C)C)=CC=I2)CC1. The van der Waals surface area contributed by atoms with E-state index < -0.39 is 11.7 Å². The molecule has 1 heterocycles. The molecule has 1 N–H and O–H groups in total. The van der Waals surface area contributed by atoms with E-state index in [2.05, 4.69) is 9.33 Å². The molecular weight excluding hydrogens is 421 g/mol. The van der Waals surface area contributed by atoms with Crippen LogP contribution >= 0.6 is 20.7 Å². The first-order chi connectivity index (χ1) is 11.1. The lowest BCUT2D eigenvalue weighted by atomic mass is 10.0. The van der Waals surface area contributed by atoms with Crippen molar-refractivity contribution in [2.24, 2.45) is 5.41 Å². The zero-order valence-corrected chi connectivity index (χ0v) is 17.1. The van der Waals surface area contributed by atoms with Crippen molar-refractivity contribution in [1.82, 2.24) is 5.32 Å². The van der Waals surface area contributed by atoms with Crippen LogP contribution in [0.5, 0.6) is 0 Å². The molecular formula is C18H26INO4. The second kappa shape index (κ2) is 7.37. The van der Waals surface area contributed by atoms with E-state index in [0.29, 0.717) is 0 Å². The Morgan fingerprint density at radius 1 is 1.33 bits per heavy atom. The van der Waals surface area contributed by atoms with E-state index in [-0.39, 0.29) is 38.2 Å². The van der Waals surface area contributed by atoms with Gasteiger partial charge in [0, 0.05) is 5.70 Å². The van der Waals surface area contributed by atoms with Crippen molar-refractivity contribution in [1.29, 1.82) is 0 Å². The summed E-state index contributed by atoms with van der Waals surface area (Å²) >= 11 is -0.245. The van der Waals surface area contributed by atoms with Gasteiger partial charge in [-0.2, -0.15) is 0 Å². The number of rotatable bonds is 5. The van der Waals surface area contributed by atoms with Crippen molar-refractivity contribution >= 4 is 36.8 Å². The molecule has 1 aliphatic carbocycles. The maximum Gasteiger partial charge on any atom is 0.412 e. The standard InChI is InChI=1S/C18H26INO4/c1-12(2)23-15(21)18(7-8-18)11-13-10-14(6-9-19-13)20-16(22)24-17(3,4)5/h6,9-10,12H,7-8,11H2,1-5H3,(H,20,22). The summed E-state index contributed by atoms with van der Waals surface area (Å²) in [7, 11) is 0. The Bertz CT molecular complexity index is 607. The highest BCUT2D eigenvalue weighted by molar-refractivity contribution is 14.2. The Morgan fingerprint density at radius 3 is 2.54 bits per heavy atom. The van der Waals surface area contributed by atoms with Crippen LogP contribution in [0.25, 0.3) is 0 Å². The Kier molecular flexibility index (Phi) is 5.88. The minimum absolute atomic E-state index is 0.0825. The van der Waals surface area contributed by atoms with Gasteiger partial charge in [-0.15, -0.1) is 0 Å². The van der Waals surface area contributed by atoms with Crippen LogP contribution in [0.3, 0.4) is 0 Å². The third kappa shape index (κ3) is 5.72. The summed E-state index contributed by atoms with van der Waals surface area (Å²) in [4.78, 5) is 24.2. The average Bonchev–Trinajstić information content (AvgIpc) is 3.16. The van der Waals surface area contributed by atoms with Crippen molar-refractivity contribution in [3.63, 3.8) is 0 Å². The molecule has 0 spiro atoms. The lowest BCUT2D eigenvalue weighted by Gasteiger charge is -2.21. The number of nitrogens with one attached hydrogen (secondary N) is 1. The number of alkyl carbamates (subject to hydrolysis) is 1. The van der Waals surface area contributed by atoms with Crippen LogP contribution in [0.15, 0.2) is 21.4 Å². The average molecular weight is 447 g/mol. The molecule has 0 aromatic heterocycles. The topological polar surface area (TPSA) is 64.6 Å². The van der Waals surface area contributed by atoms with Gasteiger partial charge >= 0.3 is 12.1 Å². The molecule has 0 aromatic carbocycles. The quantitative estimate of drug-likeness (QED) is 0.507. The fraction of sp³-hybridized carbons (Fsp3) is 0.611. The summed E-state index contributed by atoms with van der Waals surface area (Å²) in [5.74, 6) is -0.0846. The molecule has 6 heteroatoms. The fourth-order valence-electron chi connectivity index (χ4n) is 2.28. The number of hydrogen-bond acceptors (Lipinski definition) is 4. The number of esters is 1. The third-order valence-electron chi connectivity index (χ3n) is 3.54. The minimum Gasteiger partial charge on any atom is -0.463 e. The highest BCUT2D eigenvalue weighted by atomic mass is 127.